The van der Waals surface area contributed by atoms with E-state index in [-0.39, 0.29) is 7.25 Å². The summed E-state index contributed by atoms with van der Waals surface area (Å²) in [6.07, 6.45) is 6.99. The van der Waals surface area contributed by atoms with Crippen molar-refractivity contribution in [2.45, 2.75) is 54.3 Å². The number of benzene rings is 5. The quantitative estimate of drug-likeness (QED) is 0.124. The van der Waals surface area contributed by atoms with Gasteiger partial charge in [-0.25, -0.2) is 0 Å². The molecule has 3 atom stereocenters. The fourth-order valence-corrected chi connectivity index (χ4v) is 49.6. The summed E-state index contributed by atoms with van der Waals surface area (Å²) in [4.78, 5) is 0. The predicted octanol–water partition coefficient (Wildman–Crippen LogP) is 12.9. The molecule has 0 heterocycles. The van der Waals surface area contributed by atoms with E-state index in [1.807, 2.05) is 0 Å². The van der Waals surface area contributed by atoms with Crippen LogP contribution in [0.25, 0.3) is 34.4 Å². The van der Waals surface area contributed by atoms with Crippen LogP contribution in [0.4, 0.5) is 0 Å². The Kier molecular flexibility index (Phi) is 9.75. The Morgan fingerprint density at radius 1 is 0.531 bits per heavy atom. The van der Waals surface area contributed by atoms with E-state index in [0.717, 1.165) is 12.8 Å². The molecular formula is C45H47Cl2SiZr. The molecule has 4 heteroatoms. The molecule has 249 valence electrons. The molecule has 0 saturated heterocycles. The van der Waals surface area contributed by atoms with Crippen LogP contribution in [0.15, 0.2) is 139 Å². The van der Waals surface area contributed by atoms with Gasteiger partial charge in [-0.1, -0.05) is 0 Å². The van der Waals surface area contributed by atoms with Crippen LogP contribution in [-0.2, 0) is 15.6 Å². The average Bonchev–Trinajstić information content (AvgIpc) is 3.67. The Bertz CT molecular complexity index is 1910. The SMILES string of the molecule is CC(C)CC1=Cc2c(-c3ccccc3)cccc2[CH]1[Zr]([Cl])([Cl])([CH]1C(CC(C)C)=Cc2c(-c3ccccc3)cccc21)[SiH](C)c1ccccc1. The Hall–Kier alpha value is -2.74. The minimum atomic E-state index is -5.19. The molecule has 49 heavy (non-hydrogen) atoms. The van der Waals surface area contributed by atoms with Gasteiger partial charge in [-0.15, -0.1) is 0 Å². The predicted molar refractivity (Wildman–Crippen MR) is 215 cm³/mol. The molecule has 0 N–H and O–H groups in total. The molecule has 2 aliphatic rings. The van der Waals surface area contributed by atoms with Crippen LogP contribution in [-0.4, -0.2) is 5.92 Å². The van der Waals surface area contributed by atoms with Gasteiger partial charge in [-0.2, -0.15) is 0 Å². The maximum absolute atomic E-state index is 9.06. The summed E-state index contributed by atoms with van der Waals surface area (Å²) in [5.41, 5.74) is 13.2. The van der Waals surface area contributed by atoms with Crippen LogP contribution in [0.2, 0.25) is 6.55 Å². The third-order valence-electron chi connectivity index (χ3n) is 11.0. The second-order valence-electron chi connectivity index (χ2n) is 15.2. The molecule has 0 bridgehead atoms. The van der Waals surface area contributed by atoms with Gasteiger partial charge in [0.15, 0.2) is 0 Å². The molecule has 2 aliphatic carbocycles. The molecule has 0 radical (unpaired) electrons. The molecule has 0 saturated carbocycles. The first-order valence-electron chi connectivity index (χ1n) is 18.0. The van der Waals surface area contributed by atoms with Gasteiger partial charge in [-0.05, 0) is 0 Å². The molecule has 5 aromatic carbocycles. The first-order chi connectivity index (χ1) is 23.6. The second-order valence-corrected chi connectivity index (χ2v) is 55.4. The van der Waals surface area contributed by atoms with Crippen molar-refractivity contribution >= 4 is 40.3 Å². The zero-order valence-corrected chi connectivity index (χ0v) is 34.5. The minimum absolute atomic E-state index is 0.0274. The van der Waals surface area contributed by atoms with Gasteiger partial charge in [0, 0.05) is 0 Å². The van der Waals surface area contributed by atoms with Gasteiger partial charge >= 0.3 is 305 Å². The molecule has 0 aliphatic heterocycles. The third-order valence-corrected chi connectivity index (χ3v) is 58.2. The molecule has 0 amide bonds. The Morgan fingerprint density at radius 2 is 0.918 bits per heavy atom. The fraction of sp³-hybridized carbons (Fsp3) is 0.244. The molecule has 7 rings (SSSR count). The van der Waals surface area contributed by atoms with E-state index in [2.05, 4.69) is 174 Å². The number of hydrogen-bond acceptors (Lipinski definition) is 0. The van der Waals surface area contributed by atoms with Gasteiger partial charge in [-0.3, -0.25) is 0 Å². The summed E-state index contributed by atoms with van der Waals surface area (Å²) in [5, 5.41) is 1.38. The monoisotopic (exact) mass is 775 g/mol. The van der Waals surface area contributed by atoms with E-state index < -0.39 is 21.5 Å². The molecule has 0 aromatic heterocycles. The van der Waals surface area contributed by atoms with Crippen molar-refractivity contribution < 1.29 is 15.6 Å². The summed E-state index contributed by atoms with van der Waals surface area (Å²) < 4.78 is 0.0548. The van der Waals surface area contributed by atoms with E-state index in [9.17, 15) is 0 Å². The maximum atomic E-state index is 9.06. The zero-order valence-electron chi connectivity index (χ0n) is 29.3. The molecule has 0 spiro atoms. The molecule has 0 nitrogen and oxygen atoms in total. The van der Waals surface area contributed by atoms with Gasteiger partial charge in [0.2, 0.25) is 0 Å². The summed E-state index contributed by atoms with van der Waals surface area (Å²) >= 11 is -5.19. The van der Waals surface area contributed by atoms with Gasteiger partial charge in [0.05, 0.1) is 0 Å². The van der Waals surface area contributed by atoms with Crippen molar-refractivity contribution in [1.82, 2.24) is 0 Å². The summed E-state index contributed by atoms with van der Waals surface area (Å²) in [5.74, 6) is -1.05. The van der Waals surface area contributed by atoms with E-state index >= 15 is 0 Å². The molecule has 0 fully saturated rings. The normalized spacial score (nSPS) is 18.4. The van der Waals surface area contributed by atoms with Crippen molar-refractivity contribution in [3.63, 3.8) is 0 Å². The summed E-state index contributed by atoms with van der Waals surface area (Å²) in [6, 6.07) is 46.6. The van der Waals surface area contributed by atoms with E-state index in [1.165, 1.54) is 60.8 Å². The van der Waals surface area contributed by atoms with E-state index in [1.54, 1.807) is 0 Å². The first kappa shape index (κ1) is 34.7. The fourth-order valence-electron chi connectivity index (χ4n) is 8.99. The summed E-state index contributed by atoms with van der Waals surface area (Å²) in [7, 11) is 18.1. The Morgan fingerprint density at radius 3 is 1.31 bits per heavy atom. The number of rotatable bonds is 10. The van der Waals surface area contributed by atoms with E-state index in [0.29, 0.717) is 11.8 Å². The van der Waals surface area contributed by atoms with Crippen LogP contribution in [0.3, 0.4) is 0 Å². The molecular weight excluding hydrogens is 731 g/mol. The van der Waals surface area contributed by atoms with Crippen molar-refractivity contribution in [3.05, 3.63) is 161 Å². The topological polar surface area (TPSA) is 0 Å². The third kappa shape index (κ3) is 6.16. The molecule has 5 aromatic rings. The number of halogens is 2. The van der Waals surface area contributed by atoms with Crippen molar-refractivity contribution in [2.24, 2.45) is 11.8 Å². The first-order valence-corrected chi connectivity index (χ1v) is 33.7. The van der Waals surface area contributed by atoms with Crippen molar-refractivity contribution in [3.8, 4) is 22.3 Å². The van der Waals surface area contributed by atoms with Crippen LogP contribution in [0.1, 0.15) is 70.0 Å². The van der Waals surface area contributed by atoms with Crippen LogP contribution >= 0.6 is 17.0 Å². The molecule has 3 unspecified atom stereocenters. The number of allylic oxidation sites excluding steroid dienone is 2. The van der Waals surface area contributed by atoms with Crippen molar-refractivity contribution in [1.29, 1.82) is 0 Å². The average molecular weight is 778 g/mol. The standard InChI is InChI=1S/2C19H19.C7H9Si.2ClH.Zr/c2*1-14(2)11-15-12-17-9-6-10-18(19(17)13-15)16-7-4-3-5-8-16;1-8-7-5-3-2-4-6-7;;;/h2*3-10,12-14H,11H2,1-2H3;2-6,8H,1H3;2*1H;/q;;;;;+2/p-2. The van der Waals surface area contributed by atoms with E-state index in [4.69, 9.17) is 17.0 Å². The Balaban J connectivity index is 1.54. The van der Waals surface area contributed by atoms with Crippen molar-refractivity contribution in [2.75, 3.05) is 0 Å². The summed E-state index contributed by atoms with van der Waals surface area (Å²) in [6.45, 7) is 11.8. The van der Waals surface area contributed by atoms with Crippen LogP contribution in [0, 0.1) is 11.8 Å². The van der Waals surface area contributed by atoms with Crippen LogP contribution < -0.4 is 5.19 Å². The second kappa shape index (κ2) is 13.8. The van der Waals surface area contributed by atoms with Gasteiger partial charge < -0.3 is 0 Å². The van der Waals surface area contributed by atoms with Crippen LogP contribution in [0.5, 0.6) is 0 Å². The zero-order chi connectivity index (χ0) is 34.4. The van der Waals surface area contributed by atoms with Gasteiger partial charge in [0.1, 0.15) is 0 Å². The number of fused-ring (bicyclic) bond motifs is 2. The Labute approximate surface area is 302 Å². The number of hydrogen-bond donors (Lipinski definition) is 0. The van der Waals surface area contributed by atoms with Gasteiger partial charge in [0.25, 0.3) is 0 Å².